The maximum atomic E-state index is 5.61. The highest BCUT2D eigenvalue weighted by molar-refractivity contribution is 5.25. The Balaban J connectivity index is 0.000000521. The molecule has 2 aliphatic rings. The molecule has 4 N–H and O–H groups in total. The number of allylic oxidation sites excluding steroid dienone is 3. The smallest absolute Gasteiger partial charge is 0.0860 e. The molecule has 7 heteroatoms. The first-order valence-corrected chi connectivity index (χ1v) is 10.7. The summed E-state index contributed by atoms with van der Waals surface area (Å²) in [5.41, 5.74) is 12.1. The van der Waals surface area contributed by atoms with Gasteiger partial charge in [-0.1, -0.05) is 25.3 Å². The van der Waals surface area contributed by atoms with E-state index < -0.39 is 0 Å². The van der Waals surface area contributed by atoms with Crippen molar-refractivity contribution in [3.8, 4) is 0 Å². The summed E-state index contributed by atoms with van der Waals surface area (Å²) in [6.45, 7) is 15.0. The van der Waals surface area contributed by atoms with Gasteiger partial charge in [0, 0.05) is 44.9 Å². The Hall–Kier alpha value is -1.80. The number of hydrogen-bond donors (Lipinski definition) is 2. The van der Waals surface area contributed by atoms with Gasteiger partial charge < -0.3 is 35.3 Å². The molecule has 1 unspecified atom stereocenters. The van der Waals surface area contributed by atoms with Crippen molar-refractivity contribution in [3.63, 3.8) is 0 Å². The van der Waals surface area contributed by atoms with Crippen LogP contribution in [0.3, 0.4) is 0 Å². The molecular weight excluding hydrogens is 382 g/mol. The van der Waals surface area contributed by atoms with E-state index in [1.807, 2.05) is 19.2 Å². The van der Waals surface area contributed by atoms with Gasteiger partial charge in [0.2, 0.25) is 0 Å². The lowest BCUT2D eigenvalue weighted by Crippen LogP contribution is -2.34. The van der Waals surface area contributed by atoms with Gasteiger partial charge in [0.05, 0.1) is 32.5 Å². The molecule has 174 valence electrons. The van der Waals surface area contributed by atoms with Crippen molar-refractivity contribution >= 4 is 0 Å². The Bertz CT molecular complexity index is 431. The normalized spacial score (nSPS) is 21.7. The molecular formula is C23H43N3O4. The lowest BCUT2D eigenvalue weighted by molar-refractivity contribution is 0.0220. The van der Waals surface area contributed by atoms with Gasteiger partial charge in [-0.2, -0.15) is 0 Å². The van der Waals surface area contributed by atoms with E-state index in [2.05, 4.69) is 36.8 Å². The summed E-state index contributed by atoms with van der Waals surface area (Å²) in [6.07, 6.45) is 11.6. The van der Waals surface area contributed by atoms with E-state index in [1.54, 1.807) is 0 Å². The highest BCUT2D eigenvalue weighted by Crippen LogP contribution is 2.15. The van der Waals surface area contributed by atoms with E-state index in [0.29, 0.717) is 32.1 Å². The summed E-state index contributed by atoms with van der Waals surface area (Å²) in [5, 5.41) is 0. The maximum Gasteiger partial charge on any atom is 0.0860 e. The first-order valence-electron chi connectivity index (χ1n) is 10.7. The third-order valence-corrected chi connectivity index (χ3v) is 4.38. The first-order chi connectivity index (χ1) is 14.5. The monoisotopic (exact) mass is 425 g/mol. The second-order valence-electron chi connectivity index (χ2n) is 6.92. The molecule has 2 rings (SSSR count). The number of rotatable bonds is 1. The summed E-state index contributed by atoms with van der Waals surface area (Å²) >= 11 is 0. The largest absolute Gasteiger partial charge is 0.405 e. The zero-order valence-corrected chi connectivity index (χ0v) is 19.0. The molecule has 0 radical (unpaired) electrons. The molecule has 30 heavy (non-hydrogen) atoms. The van der Waals surface area contributed by atoms with Crippen molar-refractivity contribution in [3.05, 3.63) is 49.0 Å². The Labute approximate surface area is 183 Å². The SMILES string of the molecule is C1CCOCCOCCCCOCCOC1.C=C(N)C1C=CC=C(C)N1C.C=CN. The minimum atomic E-state index is 0.167. The second kappa shape index (κ2) is 20.5. The summed E-state index contributed by atoms with van der Waals surface area (Å²) in [6, 6.07) is 0.167. The number of hydrogen-bond acceptors (Lipinski definition) is 7. The van der Waals surface area contributed by atoms with E-state index in [1.165, 1.54) is 11.9 Å². The Kier molecular flexibility index (Phi) is 19.2. The fraction of sp³-hybridized carbons (Fsp3) is 0.652. The molecule has 0 amide bonds. The minimum absolute atomic E-state index is 0.167. The number of likely N-dealkylation sites (N-methyl/N-ethyl adjacent to an activating group) is 1. The fourth-order valence-electron chi connectivity index (χ4n) is 2.60. The van der Waals surface area contributed by atoms with Gasteiger partial charge in [0.15, 0.2) is 0 Å². The lowest BCUT2D eigenvalue weighted by Gasteiger charge is -2.30. The molecule has 0 aromatic rings. The molecule has 2 aliphatic heterocycles. The van der Waals surface area contributed by atoms with Crippen LogP contribution >= 0.6 is 0 Å². The van der Waals surface area contributed by atoms with Crippen LogP contribution in [0.5, 0.6) is 0 Å². The summed E-state index contributed by atoms with van der Waals surface area (Å²) in [5.74, 6) is 0. The third kappa shape index (κ3) is 16.0. The van der Waals surface area contributed by atoms with Gasteiger partial charge in [0.1, 0.15) is 0 Å². The van der Waals surface area contributed by atoms with Crippen molar-refractivity contribution in [2.75, 3.05) is 59.9 Å². The van der Waals surface area contributed by atoms with Crippen molar-refractivity contribution in [1.29, 1.82) is 0 Å². The summed E-state index contributed by atoms with van der Waals surface area (Å²) < 4.78 is 21.7. The average Bonchev–Trinajstić information content (AvgIpc) is 2.71. The summed E-state index contributed by atoms with van der Waals surface area (Å²) in [7, 11) is 2.01. The Morgan fingerprint density at radius 3 is 1.60 bits per heavy atom. The fourth-order valence-corrected chi connectivity index (χ4v) is 2.60. The van der Waals surface area contributed by atoms with Gasteiger partial charge in [-0.3, -0.25) is 0 Å². The predicted octanol–water partition coefficient (Wildman–Crippen LogP) is 2.95. The van der Waals surface area contributed by atoms with Crippen LogP contribution in [0, 0.1) is 0 Å². The van der Waals surface area contributed by atoms with Gasteiger partial charge in [-0.05, 0) is 44.9 Å². The number of ether oxygens (including phenoxy) is 4. The van der Waals surface area contributed by atoms with Crippen LogP contribution in [0.4, 0.5) is 0 Å². The van der Waals surface area contributed by atoms with Crippen molar-refractivity contribution < 1.29 is 18.9 Å². The topological polar surface area (TPSA) is 92.2 Å². The number of nitrogens with two attached hydrogens (primary N) is 2. The van der Waals surface area contributed by atoms with Crippen LogP contribution in [0.15, 0.2) is 49.0 Å². The highest BCUT2D eigenvalue weighted by Gasteiger charge is 2.14. The Morgan fingerprint density at radius 1 is 0.933 bits per heavy atom. The minimum Gasteiger partial charge on any atom is -0.405 e. The number of nitrogens with zero attached hydrogens (tertiary/aromatic N) is 1. The first kappa shape index (κ1) is 28.2. The molecule has 1 atom stereocenters. The van der Waals surface area contributed by atoms with Gasteiger partial charge >= 0.3 is 0 Å². The molecule has 0 spiro atoms. The van der Waals surface area contributed by atoms with Crippen LogP contribution in [0.1, 0.15) is 32.6 Å². The molecule has 0 aromatic heterocycles. The van der Waals surface area contributed by atoms with E-state index in [4.69, 9.17) is 24.7 Å². The molecule has 0 saturated carbocycles. The van der Waals surface area contributed by atoms with Crippen molar-refractivity contribution in [2.24, 2.45) is 11.5 Å². The van der Waals surface area contributed by atoms with Crippen LogP contribution < -0.4 is 11.5 Å². The zero-order chi connectivity index (χ0) is 22.5. The molecule has 0 aromatic carbocycles. The molecule has 0 bridgehead atoms. The van der Waals surface area contributed by atoms with E-state index in [0.717, 1.165) is 52.1 Å². The van der Waals surface area contributed by atoms with Gasteiger partial charge in [-0.25, -0.2) is 0 Å². The van der Waals surface area contributed by atoms with Crippen molar-refractivity contribution in [1.82, 2.24) is 4.90 Å². The van der Waals surface area contributed by atoms with E-state index in [-0.39, 0.29) is 6.04 Å². The van der Waals surface area contributed by atoms with Crippen LogP contribution in [0.25, 0.3) is 0 Å². The second-order valence-corrected chi connectivity index (χ2v) is 6.92. The van der Waals surface area contributed by atoms with E-state index in [9.17, 15) is 0 Å². The average molecular weight is 426 g/mol. The zero-order valence-electron chi connectivity index (χ0n) is 19.0. The van der Waals surface area contributed by atoms with Crippen LogP contribution in [-0.2, 0) is 18.9 Å². The molecule has 1 saturated heterocycles. The quantitative estimate of drug-likeness (QED) is 0.667. The van der Waals surface area contributed by atoms with Gasteiger partial charge in [-0.15, -0.1) is 0 Å². The van der Waals surface area contributed by atoms with Gasteiger partial charge in [0.25, 0.3) is 0 Å². The maximum absolute atomic E-state index is 5.61. The van der Waals surface area contributed by atoms with Crippen LogP contribution in [-0.4, -0.2) is 70.8 Å². The molecule has 2 heterocycles. The Morgan fingerprint density at radius 2 is 1.30 bits per heavy atom. The van der Waals surface area contributed by atoms with E-state index >= 15 is 0 Å². The molecule has 7 nitrogen and oxygen atoms in total. The van der Waals surface area contributed by atoms with Crippen molar-refractivity contribution in [2.45, 2.75) is 38.6 Å². The van der Waals surface area contributed by atoms with Crippen LogP contribution in [0.2, 0.25) is 0 Å². The third-order valence-electron chi connectivity index (χ3n) is 4.38. The predicted molar refractivity (Wildman–Crippen MR) is 124 cm³/mol. The molecule has 0 aliphatic carbocycles. The summed E-state index contributed by atoms with van der Waals surface area (Å²) in [4.78, 5) is 2.10. The highest BCUT2D eigenvalue weighted by atomic mass is 16.5. The lowest BCUT2D eigenvalue weighted by atomic mass is 10.1. The standard InChI is InChI=1S/C12H24O4.C9H14N2.C2H5N/c1-2-6-14-11-12-16-8-4-3-7-15-10-9-13-5-1;1-7-5-4-6-9(8(2)10)11(7)3;1-2-3/h1-12H2;4-6,9H,2,10H2,1,3H3;2H,1,3H2. The molecule has 1 fully saturated rings.